The van der Waals surface area contributed by atoms with E-state index in [9.17, 15) is 9.90 Å². The SMILES string of the molecule is CCCN(CC(=O)N1CCc2sccc2[C@H]1COc1cccc(OC)c1)C[C@@H](O)COC(C)C. The van der Waals surface area contributed by atoms with Gasteiger partial charge in [-0.2, -0.15) is 0 Å². The topological polar surface area (TPSA) is 71.5 Å². The summed E-state index contributed by atoms with van der Waals surface area (Å²) in [6.45, 7) is 8.71. The van der Waals surface area contributed by atoms with Gasteiger partial charge in [-0.25, -0.2) is 0 Å². The first kappa shape index (κ1) is 26.5. The first-order valence-electron chi connectivity index (χ1n) is 12.1. The molecule has 0 spiro atoms. The second-order valence-corrected chi connectivity index (χ2v) is 9.91. The molecule has 1 N–H and O–H groups in total. The molecule has 7 nitrogen and oxygen atoms in total. The second-order valence-electron chi connectivity index (χ2n) is 8.91. The van der Waals surface area contributed by atoms with Crippen LogP contribution in [0.2, 0.25) is 0 Å². The van der Waals surface area contributed by atoms with E-state index in [2.05, 4.69) is 18.4 Å². The predicted molar refractivity (Wildman–Crippen MR) is 135 cm³/mol. The Labute approximate surface area is 207 Å². The predicted octanol–water partition coefficient (Wildman–Crippen LogP) is 3.76. The minimum atomic E-state index is -0.626. The van der Waals surface area contributed by atoms with E-state index in [4.69, 9.17) is 14.2 Å². The lowest BCUT2D eigenvalue weighted by atomic mass is 10.0. The number of fused-ring (bicyclic) bond motifs is 1. The molecule has 1 aliphatic rings. The number of aliphatic hydroxyl groups excluding tert-OH is 1. The summed E-state index contributed by atoms with van der Waals surface area (Å²) in [5.74, 6) is 1.51. The lowest BCUT2D eigenvalue weighted by Crippen LogP contribution is -2.48. The zero-order valence-corrected chi connectivity index (χ0v) is 21.6. The molecule has 1 aliphatic heterocycles. The fourth-order valence-electron chi connectivity index (χ4n) is 4.23. The highest BCUT2D eigenvalue weighted by Crippen LogP contribution is 2.34. The minimum Gasteiger partial charge on any atom is -0.497 e. The molecular formula is C26H38N2O5S. The number of carbonyl (C=O) groups excluding carboxylic acids is 1. The number of ether oxygens (including phenoxy) is 3. The molecule has 34 heavy (non-hydrogen) atoms. The van der Waals surface area contributed by atoms with Crippen LogP contribution >= 0.6 is 11.3 Å². The van der Waals surface area contributed by atoms with Crippen LogP contribution in [0.5, 0.6) is 11.5 Å². The lowest BCUT2D eigenvalue weighted by molar-refractivity contribution is -0.136. The van der Waals surface area contributed by atoms with E-state index >= 15 is 0 Å². The average molecular weight is 491 g/mol. The summed E-state index contributed by atoms with van der Waals surface area (Å²) < 4.78 is 17.0. The van der Waals surface area contributed by atoms with Gasteiger partial charge in [-0.3, -0.25) is 9.69 Å². The molecular weight excluding hydrogens is 452 g/mol. The molecule has 0 saturated heterocycles. The van der Waals surface area contributed by atoms with Crippen LogP contribution in [-0.2, 0) is 16.0 Å². The number of hydrogen-bond donors (Lipinski definition) is 1. The molecule has 0 aliphatic carbocycles. The number of hydrogen-bond acceptors (Lipinski definition) is 7. The average Bonchev–Trinajstić information content (AvgIpc) is 3.30. The van der Waals surface area contributed by atoms with Crippen molar-refractivity contribution in [2.24, 2.45) is 0 Å². The highest BCUT2D eigenvalue weighted by Gasteiger charge is 2.33. The summed E-state index contributed by atoms with van der Waals surface area (Å²) in [4.78, 5) is 18.8. The van der Waals surface area contributed by atoms with Gasteiger partial charge >= 0.3 is 0 Å². The Morgan fingerprint density at radius 1 is 1.29 bits per heavy atom. The second kappa shape index (κ2) is 13.1. The fourth-order valence-corrected chi connectivity index (χ4v) is 5.16. The third-order valence-corrected chi connectivity index (χ3v) is 6.85. The number of carbonyl (C=O) groups is 1. The van der Waals surface area contributed by atoms with Crippen molar-refractivity contribution in [3.8, 4) is 11.5 Å². The van der Waals surface area contributed by atoms with Crippen LogP contribution in [0.15, 0.2) is 35.7 Å². The molecule has 188 valence electrons. The summed E-state index contributed by atoms with van der Waals surface area (Å²) in [5, 5.41) is 12.5. The molecule has 2 heterocycles. The number of nitrogens with zero attached hydrogens (tertiary/aromatic N) is 2. The number of thiophene rings is 1. The summed E-state index contributed by atoms with van der Waals surface area (Å²) in [6, 6.07) is 9.48. The molecule has 0 bridgehead atoms. The van der Waals surface area contributed by atoms with Crippen LogP contribution < -0.4 is 9.47 Å². The maximum atomic E-state index is 13.5. The van der Waals surface area contributed by atoms with Gasteiger partial charge in [0.25, 0.3) is 0 Å². The number of methoxy groups -OCH3 is 1. The van der Waals surface area contributed by atoms with Gasteiger partial charge in [0.1, 0.15) is 18.1 Å². The van der Waals surface area contributed by atoms with Gasteiger partial charge in [0.05, 0.1) is 38.5 Å². The van der Waals surface area contributed by atoms with Gasteiger partial charge in [0.15, 0.2) is 0 Å². The van der Waals surface area contributed by atoms with Crippen molar-refractivity contribution in [1.82, 2.24) is 9.80 Å². The largest absolute Gasteiger partial charge is 0.497 e. The van der Waals surface area contributed by atoms with Gasteiger partial charge in [-0.1, -0.05) is 13.0 Å². The highest BCUT2D eigenvalue weighted by molar-refractivity contribution is 7.10. The zero-order valence-electron chi connectivity index (χ0n) is 20.7. The van der Waals surface area contributed by atoms with Crippen LogP contribution in [-0.4, -0.2) is 79.5 Å². The fraction of sp³-hybridized carbons (Fsp3) is 0.577. The number of rotatable bonds is 13. The zero-order chi connectivity index (χ0) is 24.5. The van der Waals surface area contributed by atoms with Crippen molar-refractivity contribution in [2.45, 2.75) is 51.9 Å². The smallest absolute Gasteiger partial charge is 0.237 e. The van der Waals surface area contributed by atoms with Crippen LogP contribution in [0.3, 0.4) is 0 Å². The van der Waals surface area contributed by atoms with Crippen LogP contribution in [0.1, 0.15) is 43.7 Å². The van der Waals surface area contributed by atoms with Crippen molar-refractivity contribution < 1.29 is 24.1 Å². The van der Waals surface area contributed by atoms with Crippen LogP contribution in [0.4, 0.5) is 0 Å². The van der Waals surface area contributed by atoms with Gasteiger partial charge in [-0.15, -0.1) is 11.3 Å². The van der Waals surface area contributed by atoms with Gasteiger partial charge < -0.3 is 24.2 Å². The van der Waals surface area contributed by atoms with Crippen LogP contribution in [0, 0.1) is 0 Å². The van der Waals surface area contributed by atoms with Crippen molar-refractivity contribution in [3.05, 3.63) is 46.2 Å². The van der Waals surface area contributed by atoms with Gasteiger partial charge in [-0.05, 0) is 62.4 Å². The Morgan fingerprint density at radius 3 is 2.82 bits per heavy atom. The van der Waals surface area contributed by atoms with Crippen molar-refractivity contribution in [2.75, 3.05) is 46.5 Å². The van der Waals surface area contributed by atoms with E-state index in [1.165, 1.54) is 10.4 Å². The van der Waals surface area contributed by atoms with Gasteiger partial charge in [0.2, 0.25) is 5.91 Å². The van der Waals surface area contributed by atoms with E-state index in [1.54, 1.807) is 18.4 Å². The Balaban J connectivity index is 1.68. The monoisotopic (exact) mass is 490 g/mol. The van der Waals surface area contributed by atoms with E-state index in [1.807, 2.05) is 47.9 Å². The molecule has 8 heteroatoms. The molecule has 0 unspecified atom stereocenters. The van der Waals surface area contributed by atoms with E-state index < -0.39 is 6.10 Å². The lowest BCUT2D eigenvalue weighted by Gasteiger charge is -2.37. The molecule has 0 radical (unpaired) electrons. The molecule has 3 rings (SSSR count). The van der Waals surface area contributed by atoms with Crippen LogP contribution in [0.25, 0.3) is 0 Å². The van der Waals surface area contributed by atoms with E-state index in [0.717, 1.165) is 30.9 Å². The normalized spacial score (nSPS) is 16.6. The summed E-state index contributed by atoms with van der Waals surface area (Å²) in [5.41, 5.74) is 1.17. The maximum absolute atomic E-state index is 13.5. The van der Waals surface area contributed by atoms with Crippen molar-refractivity contribution >= 4 is 17.2 Å². The van der Waals surface area contributed by atoms with E-state index in [-0.39, 0.29) is 31.2 Å². The Morgan fingerprint density at radius 2 is 2.09 bits per heavy atom. The van der Waals surface area contributed by atoms with Crippen molar-refractivity contribution in [1.29, 1.82) is 0 Å². The molecule has 1 aromatic carbocycles. The maximum Gasteiger partial charge on any atom is 0.237 e. The Bertz CT molecular complexity index is 903. The third-order valence-electron chi connectivity index (χ3n) is 5.85. The molecule has 1 aromatic heterocycles. The molecule has 2 atom stereocenters. The molecule has 2 aromatic rings. The molecule has 0 saturated carbocycles. The first-order valence-corrected chi connectivity index (χ1v) is 12.9. The minimum absolute atomic E-state index is 0.0570. The van der Waals surface area contributed by atoms with Gasteiger partial charge in [0, 0.05) is 24.0 Å². The standard InChI is InChI=1S/C26H38N2O5S/c1-5-11-27(15-20(29)17-32-19(2)3)16-26(30)28-12-9-25-23(10-13-34-25)24(28)18-33-22-8-6-7-21(14-22)31-4/h6-8,10,13-14,19-20,24,29H,5,9,11-12,15-18H2,1-4H3/t20-,24-/m1/s1. The van der Waals surface area contributed by atoms with Crippen molar-refractivity contribution in [3.63, 3.8) is 0 Å². The molecule has 1 amide bonds. The summed E-state index contributed by atoms with van der Waals surface area (Å²) in [7, 11) is 1.63. The summed E-state index contributed by atoms with van der Waals surface area (Å²) in [6.07, 6.45) is 1.20. The third kappa shape index (κ3) is 7.43. The van der Waals surface area contributed by atoms with E-state index in [0.29, 0.717) is 19.7 Å². The quantitative estimate of drug-likeness (QED) is 0.461. The highest BCUT2D eigenvalue weighted by atomic mass is 32.1. The Kier molecular flexibility index (Phi) is 10.2. The molecule has 0 fully saturated rings. The Hall–Kier alpha value is -2.13. The number of benzene rings is 1. The number of aliphatic hydroxyl groups is 1. The summed E-state index contributed by atoms with van der Waals surface area (Å²) >= 11 is 1.74. The number of amides is 1. The first-order chi connectivity index (χ1) is 16.4.